The number of aryl methyl sites for hydroxylation is 2. The van der Waals surface area contributed by atoms with Gasteiger partial charge in [-0.25, -0.2) is 15.0 Å². The molecule has 1 saturated heterocycles. The van der Waals surface area contributed by atoms with Gasteiger partial charge in [0, 0.05) is 37.6 Å². The molecule has 0 radical (unpaired) electrons. The molecule has 7 heteroatoms. The van der Waals surface area contributed by atoms with Crippen molar-refractivity contribution in [2.75, 3.05) is 18.0 Å². The fourth-order valence-electron chi connectivity index (χ4n) is 3.60. The van der Waals surface area contributed by atoms with Crippen molar-refractivity contribution in [1.82, 2.24) is 24.7 Å². The Labute approximate surface area is 161 Å². The topological polar surface area (TPSA) is 59.7 Å². The summed E-state index contributed by atoms with van der Waals surface area (Å²) < 4.78 is 2.91. The van der Waals surface area contributed by atoms with Crippen LogP contribution in [-0.4, -0.2) is 37.8 Å². The van der Waals surface area contributed by atoms with E-state index in [0.717, 1.165) is 56.9 Å². The standard InChI is InChI=1S/C20H20N6S/c1-13-14(5-8-18(22-13)26-11-3-4-12-26)20-24-19-17(27-20)7-6-15(23-19)16-9-10-21-25(16)2/h5-10H,3-4,11-12H2,1-2H3. The van der Waals surface area contributed by atoms with Crippen molar-refractivity contribution in [3.8, 4) is 22.0 Å². The lowest BCUT2D eigenvalue weighted by Crippen LogP contribution is -2.19. The minimum absolute atomic E-state index is 0.775. The Bertz CT molecular complexity index is 1120. The van der Waals surface area contributed by atoms with Crippen molar-refractivity contribution in [2.24, 2.45) is 7.05 Å². The molecule has 6 nitrogen and oxygen atoms in total. The van der Waals surface area contributed by atoms with E-state index in [2.05, 4.69) is 35.1 Å². The first kappa shape index (κ1) is 16.4. The molecule has 136 valence electrons. The Kier molecular flexibility index (Phi) is 3.89. The zero-order chi connectivity index (χ0) is 18.4. The highest BCUT2D eigenvalue weighted by atomic mass is 32.1. The van der Waals surface area contributed by atoms with E-state index in [1.54, 1.807) is 17.5 Å². The number of nitrogens with zero attached hydrogens (tertiary/aromatic N) is 6. The van der Waals surface area contributed by atoms with Gasteiger partial charge < -0.3 is 4.90 Å². The first-order valence-electron chi connectivity index (χ1n) is 9.18. The van der Waals surface area contributed by atoms with Crippen LogP contribution in [0.1, 0.15) is 18.5 Å². The maximum absolute atomic E-state index is 4.83. The van der Waals surface area contributed by atoms with E-state index < -0.39 is 0 Å². The lowest BCUT2D eigenvalue weighted by Gasteiger charge is -2.17. The van der Waals surface area contributed by atoms with E-state index >= 15 is 0 Å². The number of hydrogen-bond donors (Lipinski definition) is 0. The molecule has 0 N–H and O–H groups in total. The molecule has 0 unspecified atom stereocenters. The number of pyridine rings is 2. The molecule has 4 aromatic rings. The Morgan fingerprint density at radius 3 is 2.56 bits per heavy atom. The normalized spacial score (nSPS) is 14.4. The highest BCUT2D eigenvalue weighted by Gasteiger charge is 2.17. The summed E-state index contributed by atoms with van der Waals surface area (Å²) in [4.78, 5) is 16.7. The van der Waals surface area contributed by atoms with Crippen LogP contribution in [0.4, 0.5) is 5.82 Å². The second kappa shape index (κ2) is 6.42. The Morgan fingerprint density at radius 2 is 1.81 bits per heavy atom. The summed E-state index contributed by atoms with van der Waals surface area (Å²) in [5.74, 6) is 1.08. The molecule has 0 bridgehead atoms. The van der Waals surface area contributed by atoms with E-state index in [0.29, 0.717) is 0 Å². The molecule has 0 spiro atoms. The van der Waals surface area contributed by atoms with Gasteiger partial charge in [-0.15, -0.1) is 11.3 Å². The van der Waals surface area contributed by atoms with Gasteiger partial charge >= 0.3 is 0 Å². The van der Waals surface area contributed by atoms with Gasteiger partial charge in [-0.2, -0.15) is 5.10 Å². The Morgan fingerprint density at radius 1 is 0.963 bits per heavy atom. The molecule has 0 atom stereocenters. The smallest absolute Gasteiger partial charge is 0.171 e. The van der Waals surface area contributed by atoms with Crippen LogP contribution in [-0.2, 0) is 7.05 Å². The van der Waals surface area contributed by atoms with Gasteiger partial charge in [0.05, 0.1) is 16.1 Å². The predicted molar refractivity (Wildman–Crippen MR) is 109 cm³/mol. The van der Waals surface area contributed by atoms with Gasteiger partial charge in [-0.05, 0) is 50.1 Å². The number of fused-ring (bicyclic) bond motifs is 1. The first-order chi connectivity index (χ1) is 13.2. The summed E-state index contributed by atoms with van der Waals surface area (Å²) >= 11 is 1.66. The van der Waals surface area contributed by atoms with E-state index in [1.807, 2.05) is 23.9 Å². The first-order valence-corrected chi connectivity index (χ1v) is 9.99. The summed E-state index contributed by atoms with van der Waals surface area (Å²) in [6, 6.07) is 10.4. The minimum Gasteiger partial charge on any atom is -0.357 e. The maximum Gasteiger partial charge on any atom is 0.171 e. The fourth-order valence-corrected chi connectivity index (χ4v) is 4.58. The number of hydrogen-bond acceptors (Lipinski definition) is 6. The number of anilines is 1. The molecular weight excluding hydrogens is 356 g/mol. The maximum atomic E-state index is 4.83. The molecule has 1 aliphatic heterocycles. The van der Waals surface area contributed by atoms with Gasteiger partial charge in [-0.1, -0.05) is 0 Å². The number of rotatable bonds is 3. The van der Waals surface area contributed by atoms with Crippen molar-refractivity contribution in [2.45, 2.75) is 19.8 Å². The van der Waals surface area contributed by atoms with Crippen molar-refractivity contribution in [3.63, 3.8) is 0 Å². The molecule has 0 amide bonds. The summed E-state index contributed by atoms with van der Waals surface area (Å²) in [5, 5.41) is 5.19. The molecule has 0 aliphatic carbocycles. The average molecular weight is 376 g/mol. The monoisotopic (exact) mass is 376 g/mol. The van der Waals surface area contributed by atoms with Crippen LogP contribution >= 0.6 is 11.3 Å². The van der Waals surface area contributed by atoms with E-state index in [-0.39, 0.29) is 0 Å². The minimum atomic E-state index is 0.775. The van der Waals surface area contributed by atoms with E-state index in [4.69, 9.17) is 15.0 Å². The molecule has 4 aromatic heterocycles. The van der Waals surface area contributed by atoms with Crippen LogP contribution in [0.3, 0.4) is 0 Å². The summed E-state index contributed by atoms with van der Waals surface area (Å²) in [5.41, 5.74) is 4.75. The van der Waals surface area contributed by atoms with Crippen LogP contribution in [0.15, 0.2) is 36.5 Å². The van der Waals surface area contributed by atoms with Crippen LogP contribution in [0.25, 0.3) is 32.3 Å². The quantitative estimate of drug-likeness (QED) is 0.540. The summed E-state index contributed by atoms with van der Waals surface area (Å²) in [7, 11) is 1.92. The second-order valence-electron chi connectivity index (χ2n) is 6.87. The van der Waals surface area contributed by atoms with Crippen LogP contribution < -0.4 is 4.90 Å². The van der Waals surface area contributed by atoms with Gasteiger partial charge in [-0.3, -0.25) is 4.68 Å². The lowest BCUT2D eigenvalue weighted by atomic mass is 10.2. The molecule has 1 fully saturated rings. The molecule has 5 rings (SSSR count). The third-order valence-corrected chi connectivity index (χ3v) is 6.11. The SMILES string of the molecule is Cc1nc(N2CCCC2)ccc1-c1nc2nc(-c3ccnn3C)ccc2s1. The van der Waals surface area contributed by atoms with Crippen molar-refractivity contribution in [1.29, 1.82) is 0 Å². The zero-order valence-corrected chi connectivity index (χ0v) is 16.2. The highest BCUT2D eigenvalue weighted by Crippen LogP contribution is 2.33. The van der Waals surface area contributed by atoms with Crippen molar-refractivity contribution in [3.05, 3.63) is 42.2 Å². The number of thiazole rings is 1. The Balaban J connectivity index is 1.52. The summed E-state index contributed by atoms with van der Waals surface area (Å²) in [6.45, 7) is 4.27. The van der Waals surface area contributed by atoms with Crippen LogP contribution in [0.2, 0.25) is 0 Å². The Hall–Kier alpha value is -2.80. The molecule has 0 saturated carbocycles. The lowest BCUT2D eigenvalue weighted by molar-refractivity contribution is 0.773. The molecule has 1 aliphatic rings. The third kappa shape index (κ3) is 2.88. The van der Waals surface area contributed by atoms with Gasteiger partial charge in [0.2, 0.25) is 0 Å². The van der Waals surface area contributed by atoms with Gasteiger partial charge in [0.1, 0.15) is 10.8 Å². The van der Waals surface area contributed by atoms with E-state index in [1.165, 1.54) is 12.8 Å². The van der Waals surface area contributed by atoms with Gasteiger partial charge in [0.15, 0.2) is 5.65 Å². The highest BCUT2D eigenvalue weighted by molar-refractivity contribution is 7.21. The second-order valence-corrected chi connectivity index (χ2v) is 7.90. The predicted octanol–water partition coefficient (Wildman–Crippen LogP) is 4.06. The molecular formula is C20H20N6S. The van der Waals surface area contributed by atoms with Gasteiger partial charge in [0.25, 0.3) is 0 Å². The zero-order valence-electron chi connectivity index (χ0n) is 15.4. The fraction of sp³-hybridized carbons (Fsp3) is 0.300. The molecule has 0 aromatic carbocycles. The van der Waals surface area contributed by atoms with E-state index in [9.17, 15) is 0 Å². The molecule has 27 heavy (non-hydrogen) atoms. The van der Waals surface area contributed by atoms with Crippen molar-refractivity contribution < 1.29 is 0 Å². The average Bonchev–Trinajstić information content (AvgIpc) is 3.41. The summed E-state index contributed by atoms with van der Waals surface area (Å²) in [6.07, 6.45) is 4.29. The van der Waals surface area contributed by atoms with Crippen molar-refractivity contribution >= 4 is 27.5 Å². The van der Waals surface area contributed by atoms with Crippen LogP contribution in [0.5, 0.6) is 0 Å². The number of aromatic nitrogens is 5. The largest absolute Gasteiger partial charge is 0.357 e. The third-order valence-electron chi connectivity index (χ3n) is 5.07. The molecule has 5 heterocycles. The van der Waals surface area contributed by atoms with Crippen LogP contribution in [0, 0.1) is 6.92 Å².